The maximum absolute atomic E-state index is 11.0. The Morgan fingerprint density at radius 3 is 2.90 bits per heavy atom. The van der Waals surface area contributed by atoms with E-state index in [1.54, 1.807) is 6.07 Å². The van der Waals surface area contributed by atoms with Crippen LogP contribution in [0.1, 0.15) is 38.2 Å². The number of rotatable bonds is 3. The Morgan fingerprint density at radius 2 is 2.25 bits per heavy atom. The minimum absolute atomic E-state index is 0.0960. The average molecular weight is 273 g/mol. The molecule has 1 aromatic rings. The second-order valence-corrected chi connectivity index (χ2v) is 5.26. The summed E-state index contributed by atoms with van der Waals surface area (Å²) in [4.78, 5) is 12.7. The second kappa shape index (κ2) is 6.38. The molecule has 0 bridgehead atoms. The molecule has 1 aliphatic heterocycles. The number of hydrogen-bond acceptors (Lipinski definition) is 4. The Labute approximate surface area is 119 Å². The molecule has 5 nitrogen and oxygen atoms in total. The van der Waals surface area contributed by atoms with Gasteiger partial charge in [0, 0.05) is 24.8 Å². The second-order valence-electron chi connectivity index (χ2n) is 5.26. The van der Waals surface area contributed by atoms with Gasteiger partial charge in [0.25, 0.3) is 5.69 Å². The third kappa shape index (κ3) is 3.08. The van der Waals surface area contributed by atoms with Gasteiger partial charge in [-0.2, -0.15) is 5.26 Å². The lowest BCUT2D eigenvalue weighted by atomic mass is 9.98. The SMILES string of the molecule is CCC1CCCN(c2ccc(C#N)c([N+](=O)[O-])c2)CC1. The zero-order chi connectivity index (χ0) is 14.5. The highest BCUT2D eigenvalue weighted by Crippen LogP contribution is 2.28. The molecule has 1 fully saturated rings. The molecule has 1 heterocycles. The third-order valence-corrected chi connectivity index (χ3v) is 4.09. The largest absolute Gasteiger partial charge is 0.371 e. The first kappa shape index (κ1) is 14.3. The van der Waals surface area contributed by atoms with Crippen LogP contribution in [0.4, 0.5) is 11.4 Å². The number of nitro benzene ring substituents is 1. The first-order chi connectivity index (χ1) is 9.65. The van der Waals surface area contributed by atoms with E-state index in [9.17, 15) is 10.1 Å². The molecular weight excluding hydrogens is 254 g/mol. The Kier molecular flexibility index (Phi) is 4.57. The van der Waals surface area contributed by atoms with E-state index < -0.39 is 4.92 Å². The summed E-state index contributed by atoms with van der Waals surface area (Å²) in [5.74, 6) is 0.758. The predicted molar refractivity (Wildman–Crippen MR) is 77.7 cm³/mol. The zero-order valence-corrected chi connectivity index (χ0v) is 11.7. The Balaban J connectivity index is 2.23. The maximum atomic E-state index is 11.0. The van der Waals surface area contributed by atoms with Crippen LogP contribution < -0.4 is 4.90 Å². The lowest BCUT2D eigenvalue weighted by Crippen LogP contribution is -2.24. The molecule has 106 valence electrons. The molecule has 5 heteroatoms. The van der Waals surface area contributed by atoms with Gasteiger partial charge in [0.2, 0.25) is 0 Å². The van der Waals surface area contributed by atoms with Crippen molar-refractivity contribution in [1.29, 1.82) is 5.26 Å². The average Bonchev–Trinajstić information content (AvgIpc) is 2.71. The molecule has 0 spiro atoms. The minimum Gasteiger partial charge on any atom is -0.371 e. The lowest BCUT2D eigenvalue weighted by molar-refractivity contribution is -0.385. The molecule has 1 unspecified atom stereocenters. The monoisotopic (exact) mass is 273 g/mol. The normalized spacial score (nSPS) is 19.2. The van der Waals surface area contributed by atoms with Crippen LogP contribution >= 0.6 is 0 Å². The number of nitrogens with zero attached hydrogens (tertiary/aromatic N) is 3. The topological polar surface area (TPSA) is 70.2 Å². The molecule has 0 aliphatic carbocycles. The maximum Gasteiger partial charge on any atom is 0.289 e. The van der Waals surface area contributed by atoms with Crippen molar-refractivity contribution in [3.8, 4) is 6.07 Å². The molecule has 2 rings (SSSR count). The Hall–Kier alpha value is -2.09. The van der Waals surface area contributed by atoms with Crippen molar-refractivity contribution in [1.82, 2.24) is 0 Å². The first-order valence-electron chi connectivity index (χ1n) is 7.09. The first-order valence-corrected chi connectivity index (χ1v) is 7.09. The van der Waals surface area contributed by atoms with E-state index in [0.717, 1.165) is 37.5 Å². The van der Waals surface area contributed by atoms with Crippen LogP contribution in [0.15, 0.2) is 18.2 Å². The lowest BCUT2D eigenvalue weighted by Gasteiger charge is -2.22. The summed E-state index contributed by atoms with van der Waals surface area (Å²) in [6.07, 6.45) is 4.67. The van der Waals surface area contributed by atoms with Crippen molar-refractivity contribution < 1.29 is 4.92 Å². The van der Waals surface area contributed by atoms with Gasteiger partial charge >= 0.3 is 0 Å². The van der Waals surface area contributed by atoms with Crippen molar-refractivity contribution in [3.05, 3.63) is 33.9 Å². The molecule has 0 amide bonds. The van der Waals surface area contributed by atoms with Crippen LogP contribution in [-0.4, -0.2) is 18.0 Å². The van der Waals surface area contributed by atoms with E-state index in [0.29, 0.717) is 0 Å². The van der Waals surface area contributed by atoms with Gasteiger partial charge < -0.3 is 4.90 Å². The fourth-order valence-electron chi connectivity index (χ4n) is 2.79. The molecule has 1 aromatic carbocycles. The van der Waals surface area contributed by atoms with Crippen LogP contribution in [0.2, 0.25) is 0 Å². The number of anilines is 1. The van der Waals surface area contributed by atoms with Gasteiger partial charge in [-0.1, -0.05) is 13.3 Å². The number of nitro groups is 1. The van der Waals surface area contributed by atoms with Crippen molar-refractivity contribution in [2.75, 3.05) is 18.0 Å². The fourth-order valence-corrected chi connectivity index (χ4v) is 2.79. The Morgan fingerprint density at radius 1 is 1.45 bits per heavy atom. The molecule has 0 aromatic heterocycles. The highest BCUT2D eigenvalue weighted by molar-refractivity contribution is 5.60. The van der Waals surface area contributed by atoms with E-state index >= 15 is 0 Å². The van der Waals surface area contributed by atoms with Crippen molar-refractivity contribution in [2.45, 2.75) is 32.6 Å². The summed E-state index contributed by atoms with van der Waals surface area (Å²) < 4.78 is 0. The van der Waals surface area contributed by atoms with E-state index in [4.69, 9.17) is 5.26 Å². The summed E-state index contributed by atoms with van der Waals surface area (Å²) in [6, 6.07) is 6.78. The van der Waals surface area contributed by atoms with E-state index in [1.165, 1.54) is 18.9 Å². The summed E-state index contributed by atoms with van der Waals surface area (Å²) in [7, 11) is 0. The number of benzene rings is 1. The van der Waals surface area contributed by atoms with Gasteiger partial charge in [-0.3, -0.25) is 10.1 Å². The molecule has 1 atom stereocenters. The number of nitriles is 1. The molecule has 1 saturated heterocycles. The zero-order valence-electron chi connectivity index (χ0n) is 11.7. The van der Waals surface area contributed by atoms with Gasteiger partial charge in [-0.05, 0) is 37.3 Å². The van der Waals surface area contributed by atoms with Gasteiger partial charge in [-0.15, -0.1) is 0 Å². The van der Waals surface area contributed by atoms with Gasteiger partial charge in [-0.25, -0.2) is 0 Å². The molecule has 0 N–H and O–H groups in total. The van der Waals surface area contributed by atoms with Crippen molar-refractivity contribution in [2.24, 2.45) is 5.92 Å². The minimum atomic E-state index is -0.477. The quantitative estimate of drug-likeness (QED) is 0.624. The highest BCUT2D eigenvalue weighted by Gasteiger charge is 2.20. The molecule has 0 saturated carbocycles. The summed E-state index contributed by atoms with van der Waals surface area (Å²) >= 11 is 0. The van der Waals surface area contributed by atoms with Crippen LogP contribution in [-0.2, 0) is 0 Å². The Bertz CT molecular complexity index is 536. The fraction of sp³-hybridized carbons (Fsp3) is 0.533. The predicted octanol–water partition coefficient (Wildman–Crippen LogP) is 3.48. The highest BCUT2D eigenvalue weighted by atomic mass is 16.6. The van der Waals surface area contributed by atoms with Crippen molar-refractivity contribution >= 4 is 11.4 Å². The van der Waals surface area contributed by atoms with Gasteiger partial charge in [0.05, 0.1) is 4.92 Å². The van der Waals surface area contributed by atoms with Crippen LogP contribution in [0, 0.1) is 27.4 Å². The molecule has 1 aliphatic rings. The van der Waals surface area contributed by atoms with E-state index in [2.05, 4.69) is 11.8 Å². The standard InChI is InChI=1S/C15H19N3O2/c1-2-12-4-3-8-17(9-7-12)14-6-5-13(11-16)15(10-14)18(19)20/h5-6,10,12H,2-4,7-9H2,1H3. The summed E-state index contributed by atoms with van der Waals surface area (Å²) in [5.41, 5.74) is 0.883. The van der Waals surface area contributed by atoms with Crippen molar-refractivity contribution in [3.63, 3.8) is 0 Å². The molecule has 0 radical (unpaired) electrons. The molecular formula is C15H19N3O2. The van der Waals surface area contributed by atoms with E-state index in [1.807, 2.05) is 12.1 Å². The number of hydrogen-bond donors (Lipinski definition) is 0. The van der Waals surface area contributed by atoms with Crippen LogP contribution in [0.3, 0.4) is 0 Å². The third-order valence-electron chi connectivity index (χ3n) is 4.09. The van der Waals surface area contributed by atoms with Crippen LogP contribution in [0.25, 0.3) is 0 Å². The van der Waals surface area contributed by atoms with Crippen LogP contribution in [0.5, 0.6) is 0 Å². The van der Waals surface area contributed by atoms with Gasteiger partial charge in [0.1, 0.15) is 11.6 Å². The summed E-state index contributed by atoms with van der Waals surface area (Å²) in [6.45, 7) is 4.08. The molecule has 20 heavy (non-hydrogen) atoms. The smallest absolute Gasteiger partial charge is 0.289 e. The summed E-state index contributed by atoms with van der Waals surface area (Å²) in [5, 5.41) is 19.9. The van der Waals surface area contributed by atoms with Gasteiger partial charge in [0.15, 0.2) is 0 Å². The van der Waals surface area contributed by atoms with E-state index in [-0.39, 0.29) is 11.3 Å².